The number of rotatable bonds is 5. The molecule has 1 aliphatic carbocycles. The van der Waals surface area contributed by atoms with Crippen LogP contribution in [-0.2, 0) is 10.8 Å². The lowest BCUT2D eigenvalue weighted by molar-refractivity contribution is 0.169. The Bertz CT molecular complexity index is 1070. The number of para-hydroxylation sites is 1. The molecule has 2 saturated heterocycles. The zero-order chi connectivity index (χ0) is 24.8. The SMILES string of the molecule is CC(C)N1CCN(c2cccc(F)c2NC(=O)N2CCC(C)(c3noc(C4(C)CC4)n3)CC2)CC1. The van der Waals surface area contributed by atoms with Crippen molar-refractivity contribution in [2.75, 3.05) is 49.5 Å². The third kappa shape index (κ3) is 4.75. The van der Waals surface area contributed by atoms with Gasteiger partial charge >= 0.3 is 6.03 Å². The van der Waals surface area contributed by atoms with Gasteiger partial charge in [-0.05, 0) is 51.7 Å². The predicted molar refractivity (Wildman–Crippen MR) is 133 cm³/mol. The lowest BCUT2D eigenvalue weighted by Gasteiger charge is -2.39. The highest BCUT2D eigenvalue weighted by atomic mass is 19.1. The van der Waals surface area contributed by atoms with Gasteiger partial charge in [-0.15, -0.1) is 0 Å². The van der Waals surface area contributed by atoms with Crippen molar-refractivity contribution >= 4 is 17.4 Å². The maximum Gasteiger partial charge on any atom is 0.321 e. The van der Waals surface area contributed by atoms with Crippen molar-refractivity contribution in [3.63, 3.8) is 0 Å². The van der Waals surface area contributed by atoms with E-state index in [2.05, 4.69) is 48.0 Å². The number of anilines is 2. The van der Waals surface area contributed by atoms with E-state index in [0.717, 1.165) is 69.3 Å². The number of hydrogen-bond donors (Lipinski definition) is 1. The predicted octanol–water partition coefficient (Wildman–Crippen LogP) is 4.38. The highest BCUT2D eigenvalue weighted by molar-refractivity contribution is 5.93. The Morgan fingerprint density at radius 1 is 1.03 bits per heavy atom. The Morgan fingerprint density at radius 2 is 1.71 bits per heavy atom. The molecule has 0 bridgehead atoms. The summed E-state index contributed by atoms with van der Waals surface area (Å²) < 4.78 is 20.5. The Labute approximate surface area is 206 Å². The minimum absolute atomic E-state index is 0.0428. The lowest BCUT2D eigenvalue weighted by Crippen LogP contribution is -2.49. The number of hydrogen-bond acceptors (Lipinski definition) is 6. The first-order valence-electron chi connectivity index (χ1n) is 12.9. The molecule has 0 spiro atoms. The zero-order valence-electron chi connectivity index (χ0n) is 21.3. The summed E-state index contributed by atoms with van der Waals surface area (Å²) in [4.78, 5) is 24.2. The first-order chi connectivity index (χ1) is 16.7. The van der Waals surface area contributed by atoms with E-state index in [4.69, 9.17) is 9.51 Å². The number of piperazine rings is 1. The van der Waals surface area contributed by atoms with Crippen LogP contribution in [0.15, 0.2) is 22.7 Å². The van der Waals surface area contributed by atoms with E-state index in [0.29, 0.717) is 19.1 Å². The molecule has 1 aromatic carbocycles. The number of likely N-dealkylation sites (tertiary alicyclic amines) is 1. The number of nitrogens with one attached hydrogen (secondary N) is 1. The highest BCUT2D eigenvalue weighted by Crippen LogP contribution is 2.47. The fourth-order valence-electron chi connectivity index (χ4n) is 5.11. The Kier molecular flexibility index (Phi) is 6.23. The minimum Gasteiger partial charge on any atom is -0.367 e. The Balaban J connectivity index is 1.23. The third-order valence-corrected chi connectivity index (χ3v) is 8.25. The van der Waals surface area contributed by atoms with E-state index < -0.39 is 5.82 Å². The van der Waals surface area contributed by atoms with Gasteiger partial charge in [0.2, 0.25) is 5.89 Å². The first kappa shape index (κ1) is 24.0. The number of amides is 2. The number of aromatic nitrogens is 2. The van der Waals surface area contributed by atoms with Crippen LogP contribution in [0.3, 0.4) is 0 Å². The molecule has 3 heterocycles. The average Bonchev–Trinajstić information content (AvgIpc) is 3.38. The van der Waals surface area contributed by atoms with Gasteiger partial charge in [0.15, 0.2) is 5.82 Å². The topological polar surface area (TPSA) is 77.7 Å². The molecule has 0 radical (unpaired) electrons. The van der Waals surface area contributed by atoms with Gasteiger partial charge < -0.3 is 19.6 Å². The maximum atomic E-state index is 14.9. The van der Waals surface area contributed by atoms with Crippen LogP contribution in [0, 0.1) is 5.82 Å². The summed E-state index contributed by atoms with van der Waals surface area (Å²) in [5.41, 5.74) is 0.824. The number of carbonyl (C=O) groups is 1. The van der Waals surface area contributed by atoms with Crippen molar-refractivity contribution < 1.29 is 13.7 Å². The summed E-state index contributed by atoms with van der Waals surface area (Å²) in [5, 5.41) is 7.17. The molecule has 3 fully saturated rings. The highest BCUT2D eigenvalue weighted by Gasteiger charge is 2.46. The Hall–Kier alpha value is -2.68. The summed E-state index contributed by atoms with van der Waals surface area (Å²) >= 11 is 0. The molecule has 9 heteroatoms. The van der Waals surface area contributed by atoms with E-state index in [1.165, 1.54) is 6.07 Å². The van der Waals surface area contributed by atoms with Crippen LogP contribution in [0.5, 0.6) is 0 Å². The van der Waals surface area contributed by atoms with E-state index >= 15 is 0 Å². The minimum atomic E-state index is -0.406. The fraction of sp³-hybridized carbons (Fsp3) is 0.654. The molecule has 2 amide bonds. The van der Waals surface area contributed by atoms with Crippen LogP contribution in [0.4, 0.5) is 20.6 Å². The number of benzene rings is 1. The molecule has 2 aliphatic heterocycles. The molecule has 190 valence electrons. The molecule has 0 unspecified atom stereocenters. The van der Waals surface area contributed by atoms with Gasteiger partial charge in [0.25, 0.3) is 0 Å². The van der Waals surface area contributed by atoms with Gasteiger partial charge in [-0.25, -0.2) is 9.18 Å². The molecular weight excluding hydrogens is 447 g/mol. The van der Waals surface area contributed by atoms with Crippen LogP contribution in [-0.4, -0.2) is 71.3 Å². The van der Waals surface area contributed by atoms with Gasteiger partial charge in [-0.1, -0.05) is 25.1 Å². The normalized spacial score (nSPS) is 21.9. The second kappa shape index (κ2) is 9.08. The number of nitrogens with zero attached hydrogens (tertiary/aromatic N) is 5. The largest absolute Gasteiger partial charge is 0.367 e. The van der Waals surface area contributed by atoms with E-state index in [1.807, 2.05) is 6.07 Å². The molecule has 2 aromatic rings. The molecule has 1 saturated carbocycles. The van der Waals surface area contributed by atoms with E-state index in [-0.39, 0.29) is 22.5 Å². The summed E-state index contributed by atoms with van der Waals surface area (Å²) in [6.45, 7) is 13.2. The molecule has 0 atom stereocenters. The van der Waals surface area contributed by atoms with Crippen LogP contribution in [0.25, 0.3) is 0 Å². The molecule has 1 aromatic heterocycles. The Morgan fingerprint density at radius 3 is 2.34 bits per heavy atom. The molecule has 1 N–H and O–H groups in total. The van der Waals surface area contributed by atoms with Crippen molar-refractivity contribution in [2.45, 2.75) is 70.3 Å². The van der Waals surface area contributed by atoms with Crippen LogP contribution < -0.4 is 10.2 Å². The van der Waals surface area contributed by atoms with Gasteiger partial charge in [0.05, 0.1) is 5.69 Å². The molecule has 3 aliphatic rings. The van der Waals surface area contributed by atoms with Crippen molar-refractivity contribution in [3.8, 4) is 0 Å². The fourth-order valence-corrected chi connectivity index (χ4v) is 5.11. The summed E-state index contributed by atoms with van der Waals surface area (Å²) in [7, 11) is 0. The average molecular weight is 485 g/mol. The summed E-state index contributed by atoms with van der Waals surface area (Å²) in [6, 6.07) is 5.24. The zero-order valence-corrected chi connectivity index (χ0v) is 21.3. The quantitative estimate of drug-likeness (QED) is 0.679. The monoisotopic (exact) mass is 484 g/mol. The summed E-state index contributed by atoms with van der Waals surface area (Å²) in [5.74, 6) is 1.06. The maximum absolute atomic E-state index is 14.9. The smallest absolute Gasteiger partial charge is 0.321 e. The second-order valence-corrected chi connectivity index (χ2v) is 11.2. The van der Waals surface area contributed by atoms with Gasteiger partial charge in [0, 0.05) is 56.1 Å². The third-order valence-electron chi connectivity index (χ3n) is 8.25. The molecular formula is C26H37FN6O2. The first-order valence-corrected chi connectivity index (χ1v) is 12.9. The number of carbonyl (C=O) groups excluding carboxylic acids is 1. The van der Waals surface area contributed by atoms with E-state index in [9.17, 15) is 9.18 Å². The number of piperidine rings is 1. The lowest BCUT2D eigenvalue weighted by atomic mass is 9.79. The summed E-state index contributed by atoms with van der Waals surface area (Å²) in [6.07, 6.45) is 3.64. The second-order valence-electron chi connectivity index (χ2n) is 11.2. The molecule has 8 nitrogen and oxygen atoms in total. The van der Waals surface area contributed by atoms with Crippen molar-refractivity contribution in [3.05, 3.63) is 35.7 Å². The van der Waals surface area contributed by atoms with E-state index in [1.54, 1.807) is 11.0 Å². The van der Waals surface area contributed by atoms with Gasteiger partial charge in [-0.3, -0.25) is 4.90 Å². The van der Waals surface area contributed by atoms with Gasteiger partial charge in [-0.2, -0.15) is 4.98 Å². The molecule has 5 rings (SSSR count). The van der Waals surface area contributed by atoms with Crippen molar-refractivity contribution in [1.29, 1.82) is 0 Å². The standard InChI is InChI=1S/C26H37FN6O2/c1-18(2)31-14-16-32(17-15-31)20-7-5-6-19(27)21(20)28-24(34)33-12-10-25(3,11-13-33)22-29-23(35-30-22)26(4)8-9-26/h5-7,18H,8-17H2,1-4H3,(H,28,34). The van der Waals surface area contributed by atoms with Crippen LogP contribution >= 0.6 is 0 Å². The van der Waals surface area contributed by atoms with Crippen LogP contribution in [0.1, 0.15) is 65.1 Å². The van der Waals surface area contributed by atoms with Crippen LogP contribution in [0.2, 0.25) is 0 Å². The van der Waals surface area contributed by atoms with Gasteiger partial charge in [0.1, 0.15) is 11.5 Å². The molecule has 35 heavy (non-hydrogen) atoms. The van der Waals surface area contributed by atoms with Crippen molar-refractivity contribution in [2.24, 2.45) is 0 Å². The number of halogens is 1. The van der Waals surface area contributed by atoms with Crippen molar-refractivity contribution in [1.82, 2.24) is 19.9 Å². The number of urea groups is 1.